The molecule has 0 saturated carbocycles. The van der Waals surface area contributed by atoms with Crippen LogP contribution >= 0.6 is 23.2 Å². The van der Waals surface area contributed by atoms with Crippen molar-refractivity contribution in [3.8, 4) is 0 Å². The van der Waals surface area contributed by atoms with E-state index >= 15 is 0 Å². The van der Waals surface area contributed by atoms with Crippen LogP contribution in [0.5, 0.6) is 0 Å². The van der Waals surface area contributed by atoms with Crippen molar-refractivity contribution in [3.05, 3.63) is 92.7 Å². The van der Waals surface area contributed by atoms with Crippen LogP contribution in [-0.4, -0.2) is 22.9 Å². The number of aromatic nitrogens is 1. The Labute approximate surface area is 174 Å². The Morgan fingerprint density at radius 2 is 1.50 bits per heavy atom. The summed E-state index contributed by atoms with van der Waals surface area (Å²) in [5, 5.41) is 2.10. The molecule has 0 spiro atoms. The maximum atomic E-state index is 13.3. The second-order valence-electron chi connectivity index (χ2n) is 6.70. The van der Waals surface area contributed by atoms with Gasteiger partial charge in [-0.05, 0) is 51.1 Å². The lowest BCUT2D eigenvalue weighted by Gasteiger charge is -2.27. The third-order valence-electron chi connectivity index (χ3n) is 4.54. The van der Waals surface area contributed by atoms with Crippen LogP contribution in [0.2, 0.25) is 10.0 Å². The Balaban J connectivity index is 2.01. The molecule has 0 radical (unpaired) electrons. The molecular formula is C22H20Cl2N2O2. The molecule has 1 heterocycles. The number of hydrogen-bond donors (Lipinski definition) is 0. The molecule has 0 aliphatic carbocycles. The van der Waals surface area contributed by atoms with Gasteiger partial charge in [0.1, 0.15) is 6.54 Å². The molecule has 2 aromatic carbocycles. The zero-order valence-corrected chi connectivity index (χ0v) is 17.4. The summed E-state index contributed by atoms with van der Waals surface area (Å²) in [7, 11) is 0. The SMILES string of the molecule is Cc1ccc(C(=O)CN(C(=O)c2ccc(Cl)cc2Cl)n2c(C)ccc2C)cc1. The van der Waals surface area contributed by atoms with Crippen LogP contribution in [0.4, 0.5) is 0 Å². The fourth-order valence-electron chi connectivity index (χ4n) is 3.04. The molecule has 0 N–H and O–H groups in total. The lowest BCUT2D eigenvalue weighted by Crippen LogP contribution is -2.45. The van der Waals surface area contributed by atoms with E-state index in [2.05, 4.69) is 0 Å². The first-order valence-corrected chi connectivity index (χ1v) is 9.55. The fraction of sp³-hybridized carbons (Fsp3) is 0.182. The van der Waals surface area contributed by atoms with Crippen LogP contribution in [0.1, 0.15) is 37.7 Å². The predicted octanol–water partition coefficient (Wildman–Crippen LogP) is 5.38. The summed E-state index contributed by atoms with van der Waals surface area (Å²) in [5.74, 6) is -0.532. The van der Waals surface area contributed by atoms with Crippen LogP contribution in [-0.2, 0) is 0 Å². The summed E-state index contributed by atoms with van der Waals surface area (Å²) in [6.45, 7) is 5.61. The summed E-state index contributed by atoms with van der Waals surface area (Å²) in [4.78, 5) is 26.2. The van der Waals surface area contributed by atoms with E-state index in [1.54, 1.807) is 28.9 Å². The standard InChI is InChI=1S/C22H20Cl2N2O2/c1-14-4-8-17(9-5-14)21(27)13-25(26-15(2)6-7-16(26)3)22(28)19-11-10-18(23)12-20(19)24/h4-12H,13H2,1-3H3. The number of hydrogen-bond acceptors (Lipinski definition) is 2. The minimum Gasteiger partial charge on any atom is -0.292 e. The van der Waals surface area contributed by atoms with Gasteiger partial charge in [-0.15, -0.1) is 0 Å². The molecule has 28 heavy (non-hydrogen) atoms. The van der Waals surface area contributed by atoms with E-state index in [1.165, 1.54) is 11.1 Å². The van der Waals surface area contributed by atoms with E-state index in [0.29, 0.717) is 10.6 Å². The number of aryl methyl sites for hydroxylation is 3. The Morgan fingerprint density at radius 3 is 2.07 bits per heavy atom. The van der Waals surface area contributed by atoms with Crippen molar-refractivity contribution in [2.24, 2.45) is 0 Å². The molecular weight excluding hydrogens is 395 g/mol. The van der Waals surface area contributed by atoms with Crippen molar-refractivity contribution >= 4 is 34.9 Å². The Morgan fingerprint density at radius 1 is 0.893 bits per heavy atom. The summed E-state index contributed by atoms with van der Waals surface area (Å²) in [6.07, 6.45) is 0. The van der Waals surface area contributed by atoms with Gasteiger partial charge in [0.2, 0.25) is 0 Å². The van der Waals surface area contributed by atoms with E-state index in [0.717, 1.165) is 17.0 Å². The molecule has 6 heteroatoms. The highest BCUT2D eigenvalue weighted by Gasteiger charge is 2.25. The molecule has 0 saturated heterocycles. The van der Waals surface area contributed by atoms with Crippen LogP contribution in [0.3, 0.4) is 0 Å². The number of amides is 1. The lowest BCUT2D eigenvalue weighted by molar-refractivity contribution is 0.0908. The highest BCUT2D eigenvalue weighted by molar-refractivity contribution is 6.37. The second kappa shape index (κ2) is 8.21. The molecule has 0 aliphatic heterocycles. The van der Waals surface area contributed by atoms with Gasteiger partial charge in [-0.1, -0.05) is 53.0 Å². The van der Waals surface area contributed by atoms with Crippen LogP contribution < -0.4 is 5.01 Å². The molecule has 144 valence electrons. The van der Waals surface area contributed by atoms with Gasteiger partial charge in [-0.3, -0.25) is 14.3 Å². The zero-order valence-electron chi connectivity index (χ0n) is 15.9. The number of rotatable bonds is 5. The number of carbonyl (C=O) groups excluding carboxylic acids is 2. The Bertz CT molecular complexity index is 1020. The highest BCUT2D eigenvalue weighted by Crippen LogP contribution is 2.23. The number of ketones is 1. The largest absolute Gasteiger partial charge is 0.292 e. The van der Waals surface area contributed by atoms with E-state index in [4.69, 9.17) is 23.2 Å². The second-order valence-corrected chi connectivity index (χ2v) is 7.55. The molecule has 3 rings (SSSR count). The van der Waals surface area contributed by atoms with E-state index in [9.17, 15) is 9.59 Å². The molecule has 0 bridgehead atoms. The predicted molar refractivity (Wildman–Crippen MR) is 113 cm³/mol. The van der Waals surface area contributed by atoms with E-state index in [1.807, 2.05) is 45.0 Å². The van der Waals surface area contributed by atoms with Gasteiger partial charge in [0.05, 0.1) is 10.6 Å². The number of Topliss-reactive ketones (excluding diaryl/α,β-unsaturated/α-hetero) is 1. The third kappa shape index (κ3) is 4.13. The monoisotopic (exact) mass is 414 g/mol. The minimum absolute atomic E-state index is 0.114. The van der Waals surface area contributed by atoms with Crippen molar-refractivity contribution in [2.75, 3.05) is 11.6 Å². The number of carbonyl (C=O) groups is 2. The highest BCUT2D eigenvalue weighted by atomic mass is 35.5. The Hall–Kier alpha value is -2.56. The summed E-state index contributed by atoms with van der Waals surface area (Å²) in [6, 6.07) is 15.8. The quantitative estimate of drug-likeness (QED) is 0.525. The maximum absolute atomic E-state index is 13.3. The van der Waals surface area contributed by atoms with Crippen molar-refractivity contribution in [2.45, 2.75) is 20.8 Å². The van der Waals surface area contributed by atoms with Crippen molar-refractivity contribution in [1.29, 1.82) is 0 Å². The molecule has 4 nitrogen and oxygen atoms in total. The smallest absolute Gasteiger partial charge is 0.274 e. The third-order valence-corrected chi connectivity index (χ3v) is 5.09. The molecule has 0 fully saturated rings. The van der Waals surface area contributed by atoms with Gasteiger partial charge < -0.3 is 0 Å². The molecule has 0 atom stereocenters. The van der Waals surface area contributed by atoms with Crippen molar-refractivity contribution < 1.29 is 9.59 Å². The Kier molecular flexibility index (Phi) is 5.92. The molecule has 1 aromatic heterocycles. The molecule has 1 amide bonds. The zero-order chi connectivity index (χ0) is 20.4. The first-order chi connectivity index (χ1) is 13.3. The van der Waals surface area contributed by atoms with E-state index < -0.39 is 0 Å². The summed E-state index contributed by atoms with van der Waals surface area (Å²) < 4.78 is 1.74. The van der Waals surface area contributed by atoms with Gasteiger partial charge in [-0.2, -0.15) is 0 Å². The first kappa shape index (κ1) is 20.2. The van der Waals surface area contributed by atoms with Crippen molar-refractivity contribution in [1.82, 2.24) is 4.68 Å². The van der Waals surface area contributed by atoms with E-state index in [-0.39, 0.29) is 28.8 Å². The number of benzene rings is 2. The summed E-state index contributed by atoms with van der Waals surface area (Å²) in [5.41, 5.74) is 3.58. The van der Waals surface area contributed by atoms with Crippen LogP contribution in [0, 0.1) is 20.8 Å². The molecule has 3 aromatic rings. The van der Waals surface area contributed by atoms with Gasteiger partial charge in [0, 0.05) is 22.0 Å². The average molecular weight is 415 g/mol. The van der Waals surface area contributed by atoms with Crippen molar-refractivity contribution in [3.63, 3.8) is 0 Å². The van der Waals surface area contributed by atoms with Crippen LogP contribution in [0.15, 0.2) is 54.6 Å². The fourth-order valence-corrected chi connectivity index (χ4v) is 3.53. The maximum Gasteiger partial charge on any atom is 0.274 e. The van der Waals surface area contributed by atoms with Gasteiger partial charge >= 0.3 is 0 Å². The topological polar surface area (TPSA) is 42.3 Å². The normalized spacial score (nSPS) is 10.8. The van der Waals surface area contributed by atoms with Gasteiger partial charge in [0.25, 0.3) is 5.91 Å². The van der Waals surface area contributed by atoms with Crippen LogP contribution in [0.25, 0.3) is 0 Å². The van der Waals surface area contributed by atoms with Gasteiger partial charge in [0.15, 0.2) is 5.78 Å². The summed E-state index contributed by atoms with van der Waals surface area (Å²) >= 11 is 12.2. The average Bonchev–Trinajstić information content (AvgIpc) is 2.98. The minimum atomic E-state index is -0.371. The molecule has 0 aliphatic rings. The molecule has 0 unspecified atom stereocenters. The lowest BCUT2D eigenvalue weighted by atomic mass is 10.1. The first-order valence-electron chi connectivity index (χ1n) is 8.80. The van der Waals surface area contributed by atoms with Gasteiger partial charge in [-0.25, -0.2) is 5.01 Å². The number of nitrogens with zero attached hydrogens (tertiary/aromatic N) is 2. The number of halogens is 2.